The molecule has 0 N–H and O–H groups in total. The van der Waals surface area contributed by atoms with Gasteiger partial charge in [-0.3, -0.25) is 4.57 Å². The van der Waals surface area contributed by atoms with E-state index in [0.29, 0.717) is 10.0 Å². The lowest BCUT2D eigenvalue weighted by atomic mass is 10.3. The molecule has 0 radical (unpaired) electrons. The van der Waals surface area contributed by atoms with E-state index >= 15 is 0 Å². The molecule has 20 heavy (non-hydrogen) atoms. The van der Waals surface area contributed by atoms with E-state index in [1.165, 1.54) is 11.3 Å². The average Bonchev–Trinajstić information content (AvgIpc) is 3.12. The molecule has 0 amide bonds. The fourth-order valence-electron chi connectivity index (χ4n) is 1.80. The Hall–Kier alpha value is -0.580. The second-order valence-electron chi connectivity index (χ2n) is 3.91. The van der Waals surface area contributed by atoms with Crippen LogP contribution in [0.1, 0.15) is 10.8 Å². The third-order valence-electron chi connectivity index (χ3n) is 2.71. The van der Waals surface area contributed by atoms with Gasteiger partial charge in [-0.05, 0) is 11.6 Å². The summed E-state index contributed by atoms with van der Waals surface area (Å²) >= 11 is 16.9. The molecule has 102 valence electrons. The topological polar surface area (TPSA) is 41.6 Å². The number of imidazole rings is 1. The molecule has 0 spiro atoms. The van der Waals surface area contributed by atoms with Crippen molar-refractivity contribution < 1.29 is 0 Å². The molecule has 3 nitrogen and oxygen atoms in total. The predicted octanol–water partition coefficient (Wildman–Crippen LogP) is 5.12. The molecule has 0 aromatic carbocycles. The number of rotatable bonds is 2. The van der Waals surface area contributed by atoms with Gasteiger partial charge in [-0.15, -0.1) is 34.9 Å². The van der Waals surface area contributed by atoms with Crippen molar-refractivity contribution in [3.8, 4) is 6.07 Å². The van der Waals surface area contributed by atoms with E-state index in [0.717, 1.165) is 19.9 Å². The molecule has 3 rings (SSSR count). The van der Waals surface area contributed by atoms with Gasteiger partial charge in [0, 0.05) is 23.4 Å². The van der Waals surface area contributed by atoms with E-state index in [4.69, 9.17) is 23.2 Å². The fourth-order valence-corrected chi connectivity index (χ4v) is 6.42. The van der Waals surface area contributed by atoms with Crippen LogP contribution in [-0.2, 0) is 0 Å². The lowest BCUT2D eigenvalue weighted by Gasteiger charge is -2.06. The minimum Gasteiger partial charge on any atom is -0.296 e. The first-order valence-electron chi connectivity index (χ1n) is 5.56. The smallest absolute Gasteiger partial charge is 0.145 e. The van der Waals surface area contributed by atoms with Crippen molar-refractivity contribution in [3.63, 3.8) is 0 Å². The van der Waals surface area contributed by atoms with Crippen LogP contribution in [0, 0.1) is 11.3 Å². The van der Waals surface area contributed by atoms with Gasteiger partial charge >= 0.3 is 0 Å². The number of nitrogens with zero attached hydrogens (tertiary/aromatic N) is 3. The molecule has 0 bridgehead atoms. The third kappa shape index (κ3) is 2.74. The van der Waals surface area contributed by atoms with Gasteiger partial charge in [0.1, 0.15) is 11.8 Å². The van der Waals surface area contributed by atoms with Crippen LogP contribution in [-0.4, -0.2) is 15.3 Å². The highest BCUT2D eigenvalue weighted by Gasteiger charge is 2.28. The van der Waals surface area contributed by atoms with Crippen LogP contribution in [0.15, 0.2) is 29.0 Å². The molecule has 0 saturated carbocycles. The third-order valence-corrected chi connectivity index (χ3v) is 7.15. The highest BCUT2D eigenvalue weighted by atomic mass is 35.5. The molecule has 2 aromatic rings. The zero-order valence-electron chi connectivity index (χ0n) is 9.92. The Morgan fingerprint density at radius 3 is 2.95 bits per heavy atom. The Bertz CT molecular complexity index is 700. The van der Waals surface area contributed by atoms with E-state index in [9.17, 15) is 5.26 Å². The molecule has 0 aliphatic carbocycles. The van der Waals surface area contributed by atoms with Crippen LogP contribution in [0.2, 0.25) is 8.67 Å². The Morgan fingerprint density at radius 1 is 1.50 bits per heavy atom. The highest BCUT2D eigenvalue weighted by Crippen LogP contribution is 2.54. The Kier molecular flexibility index (Phi) is 4.34. The molecule has 2 aromatic heterocycles. The highest BCUT2D eigenvalue weighted by molar-refractivity contribution is 8.25. The molecular formula is C12H7Cl2N3S3. The molecule has 1 aliphatic rings. The number of hydrogen-bond donors (Lipinski definition) is 0. The zero-order chi connectivity index (χ0) is 14.1. The molecule has 1 unspecified atom stereocenters. The fraction of sp³-hybridized carbons (Fsp3) is 0.167. The van der Waals surface area contributed by atoms with Crippen LogP contribution in [0.25, 0.3) is 5.70 Å². The van der Waals surface area contributed by atoms with Gasteiger partial charge in [-0.1, -0.05) is 23.2 Å². The van der Waals surface area contributed by atoms with Gasteiger partial charge in [-0.25, -0.2) is 4.98 Å². The van der Waals surface area contributed by atoms with Crippen molar-refractivity contribution in [3.05, 3.63) is 43.3 Å². The summed E-state index contributed by atoms with van der Waals surface area (Å²) in [6.07, 6.45) is 5.07. The molecular weight excluding hydrogens is 353 g/mol. The zero-order valence-corrected chi connectivity index (χ0v) is 13.9. The number of hydrogen-bond acceptors (Lipinski definition) is 5. The van der Waals surface area contributed by atoms with Crippen LogP contribution in [0.3, 0.4) is 0 Å². The monoisotopic (exact) mass is 359 g/mol. The van der Waals surface area contributed by atoms with Crippen molar-refractivity contribution in [1.29, 1.82) is 5.26 Å². The maximum absolute atomic E-state index is 9.35. The number of thiophene rings is 1. The Morgan fingerprint density at radius 2 is 2.35 bits per heavy atom. The maximum Gasteiger partial charge on any atom is 0.145 e. The second-order valence-corrected chi connectivity index (χ2v) is 8.70. The van der Waals surface area contributed by atoms with Gasteiger partial charge in [-0.2, -0.15) is 5.26 Å². The number of nitriles is 1. The predicted molar refractivity (Wildman–Crippen MR) is 88.2 cm³/mol. The van der Waals surface area contributed by atoms with E-state index < -0.39 is 0 Å². The van der Waals surface area contributed by atoms with Crippen LogP contribution >= 0.6 is 58.1 Å². The van der Waals surface area contributed by atoms with Gasteiger partial charge in [0.15, 0.2) is 0 Å². The molecule has 8 heteroatoms. The SMILES string of the molecule is N#C/C(=C1/SCC(c2cc(Cl)sc2Cl)S1)n1ccnc1. The summed E-state index contributed by atoms with van der Waals surface area (Å²) in [5.74, 6) is 0.882. The number of allylic oxidation sites excluding steroid dienone is 1. The summed E-state index contributed by atoms with van der Waals surface area (Å²) in [5, 5.41) is 9.58. The van der Waals surface area contributed by atoms with Crippen LogP contribution in [0.5, 0.6) is 0 Å². The summed E-state index contributed by atoms with van der Waals surface area (Å²) < 4.78 is 4.16. The summed E-state index contributed by atoms with van der Waals surface area (Å²) in [6, 6.07) is 4.16. The minimum absolute atomic E-state index is 0.234. The minimum atomic E-state index is 0.234. The summed E-state index contributed by atoms with van der Waals surface area (Å²) in [6.45, 7) is 0. The van der Waals surface area contributed by atoms with Gasteiger partial charge in [0.2, 0.25) is 0 Å². The van der Waals surface area contributed by atoms with Crippen molar-refractivity contribution in [2.24, 2.45) is 0 Å². The largest absolute Gasteiger partial charge is 0.296 e. The maximum atomic E-state index is 9.35. The lowest BCUT2D eigenvalue weighted by molar-refractivity contribution is 1.10. The number of aromatic nitrogens is 2. The number of halogens is 2. The van der Waals surface area contributed by atoms with Crippen molar-refractivity contribution in [2.45, 2.75) is 5.25 Å². The molecule has 1 aliphatic heterocycles. The van der Waals surface area contributed by atoms with Gasteiger partial charge in [0.05, 0.1) is 19.2 Å². The quantitative estimate of drug-likeness (QED) is 0.697. The molecule has 1 fully saturated rings. The first-order valence-corrected chi connectivity index (χ1v) is 8.99. The van der Waals surface area contributed by atoms with Gasteiger partial charge < -0.3 is 0 Å². The van der Waals surface area contributed by atoms with Crippen molar-refractivity contribution >= 4 is 63.8 Å². The second kappa shape index (κ2) is 6.04. The van der Waals surface area contributed by atoms with Crippen molar-refractivity contribution in [2.75, 3.05) is 5.75 Å². The average molecular weight is 360 g/mol. The summed E-state index contributed by atoms with van der Waals surface area (Å²) in [5.41, 5.74) is 1.66. The van der Waals surface area contributed by atoms with E-state index in [2.05, 4.69) is 11.1 Å². The van der Waals surface area contributed by atoms with E-state index in [1.54, 1.807) is 46.8 Å². The van der Waals surface area contributed by atoms with Crippen LogP contribution < -0.4 is 0 Å². The summed E-state index contributed by atoms with van der Waals surface area (Å²) in [4.78, 5) is 3.98. The first kappa shape index (κ1) is 14.4. The van der Waals surface area contributed by atoms with Gasteiger partial charge in [0.25, 0.3) is 0 Å². The van der Waals surface area contributed by atoms with Crippen LogP contribution in [0.4, 0.5) is 0 Å². The molecule has 1 saturated heterocycles. The Balaban J connectivity index is 1.90. The Labute approximate surface area is 138 Å². The lowest BCUT2D eigenvalue weighted by Crippen LogP contribution is -1.92. The molecule has 3 heterocycles. The van der Waals surface area contributed by atoms with E-state index in [-0.39, 0.29) is 5.25 Å². The molecule has 1 atom stereocenters. The van der Waals surface area contributed by atoms with E-state index in [1.807, 2.05) is 6.07 Å². The number of thioether (sulfide) groups is 2. The summed E-state index contributed by atoms with van der Waals surface area (Å²) in [7, 11) is 0. The first-order chi connectivity index (χ1) is 9.69. The normalized spacial score (nSPS) is 20.9. The standard InChI is InChI=1S/C12H7Cl2N3S3/c13-10-3-7(11(14)20-10)9-5-18-12(19-9)8(4-15)17-2-1-16-6-17/h1-3,6,9H,5H2/b12-8+. The van der Waals surface area contributed by atoms with Crippen molar-refractivity contribution in [1.82, 2.24) is 9.55 Å².